The summed E-state index contributed by atoms with van der Waals surface area (Å²) in [6.45, 7) is -0.332. The largest absolute Gasteiger partial charge is 0.497 e. The van der Waals surface area contributed by atoms with Gasteiger partial charge in [-0.3, -0.25) is 4.79 Å². The maximum Gasteiger partial charge on any atom is 0.416 e. The average molecular weight is 415 g/mol. The molecule has 0 aliphatic carbocycles. The van der Waals surface area contributed by atoms with Crippen molar-refractivity contribution in [3.05, 3.63) is 89.5 Å². The van der Waals surface area contributed by atoms with Gasteiger partial charge in [-0.05, 0) is 47.0 Å². The Balaban J connectivity index is 1.88. The molecule has 1 atom stereocenters. The Morgan fingerprint density at radius 1 is 1.03 bits per heavy atom. The van der Waals surface area contributed by atoms with E-state index in [4.69, 9.17) is 4.74 Å². The van der Waals surface area contributed by atoms with E-state index < -0.39 is 23.7 Å². The van der Waals surface area contributed by atoms with Gasteiger partial charge in [0.1, 0.15) is 5.75 Å². The van der Waals surface area contributed by atoms with Crippen LogP contribution in [0.2, 0.25) is 0 Å². The summed E-state index contributed by atoms with van der Waals surface area (Å²) in [5.74, 6) is 0.137. The number of hydrogen-bond donors (Lipinski definition) is 2. The molecule has 0 bridgehead atoms. The molecule has 3 rings (SSSR count). The highest BCUT2D eigenvalue weighted by molar-refractivity contribution is 6.01. The Labute approximate surface area is 171 Å². The van der Waals surface area contributed by atoms with Gasteiger partial charge in [-0.15, -0.1) is 0 Å². The third-order valence-corrected chi connectivity index (χ3v) is 4.68. The fourth-order valence-electron chi connectivity index (χ4n) is 3.10. The van der Waals surface area contributed by atoms with Crippen LogP contribution in [0, 0.1) is 0 Å². The molecule has 0 radical (unpaired) electrons. The van der Waals surface area contributed by atoms with Crippen LogP contribution in [-0.4, -0.2) is 24.7 Å². The van der Waals surface area contributed by atoms with Crippen LogP contribution < -0.4 is 10.1 Å². The molecular weight excluding hydrogens is 395 g/mol. The van der Waals surface area contributed by atoms with Crippen LogP contribution in [0.1, 0.15) is 27.5 Å². The summed E-state index contributed by atoms with van der Waals surface area (Å²) in [5, 5.41) is 12.5. The molecule has 0 aliphatic rings. The minimum Gasteiger partial charge on any atom is -0.497 e. The fourth-order valence-corrected chi connectivity index (χ4v) is 3.10. The second-order valence-corrected chi connectivity index (χ2v) is 6.61. The second kappa shape index (κ2) is 9.00. The van der Waals surface area contributed by atoms with Gasteiger partial charge in [-0.25, -0.2) is 0 Å². The van der Waals surface area contributed by atoms with E-state index >= 15 is 0 Å². The van der Waals surface area contributed by atoms with Crippen LogP contribution in [0.25, 0.3) is 11.1 Å². The average Bonchev–Trinajstić information content (AvgIpc) is 2.76. The first-order valence-electron chi connectivity index (χ1n) is 9.16. The third kappa shape index (κ3) is 4.80. The highest BCUT2D eigenvalue weighted by Crippen LogP contribution is 2.32. The van der Waals surface area contributed by atoms with Gasteiger partial charge in [-0.2, -0.15) is 13.2 Å². The van der Waals surface area contributed by atoms with E-state index in [2.05, 4.69) is 5.32 Å². The summed E-state index contributed by atoms with van der Waals surface area (Å²) in [7, 11) is 1.52. The van der Waals surface area contributed by atoms with Crippen molar-refractivity contribution in [3.63, 3.8) is 0 Å². The smallest absolute Gasteiger partial charge is 0.416 e. The van der Waals surface area contributed by atoms with Crippen molar-refractivity contribution in [1.29, 1.82) is 0 Å². The number of benzene rings is 3. The van der Waals surface area contributed by atoms with Gasteiger partial charge >= 0.3 is 6.18 Å². The maximum atomic E-state index is 12.9. The Bertz CT molecular complexity index is 1020. The van der Waals surface area contributed by atoms with Gasteiger partial charge in [0.15, 0.2) is 0 Å². The molecule has 4 nitrogen and oxygen atoms in total. The Hall–Kier alpha value is -3.32. The number of ether oxygens (including phenoxy) is 1. The maximum absolute atomic E-state index is 12.9. The van der Waals surface area contributed by atoms with Gasteiger partial charge in [0.25, 0.3) is 5.91 Å². The van der Waals surface area contributed by atoms with E-state index in [9.17, 15) is 23.1 Å². The molecule has 0 fully saturated rings. The summed E-state index contributed by atoms with van der Waals surface area (Å²) in [6.07, 6.45) is -4.43. The number of carbonyl (C=O) groups excluding carboxylic acids is 1. The number of amides is 1. The van der Waals surface area contributed by atoms with Crippen molar-refractivity contribution < 1.29 is 27.8 Å². The molecule has 0 saturated heterocycles. The summed E-state index contributed by atoms with van der Waals surface area (Å²) < 4.78 is 43.7. The summed E-state index contributed by atoms with van der Waals surface area (Å²) in [4.78, 5) is 12.9. The van der Waals surface area contributed by atoms with Gasteiger partial charge in [0, 0.05) is 5.56 Å². The lowest BCUT2D eigenvalue weighted by molar-refractivity contribution is -0.137. The number of halogens is 3. The normalized spacial score (nSPS) is 12.3. The zero-order valence-electron chi connectivity index (χ0n) is 16.1. The molecule has 30 heavy (non-hydrogen) atoms. The molecule has 0 aliphatic heterocycles. The van der Waals surface area contributed by atoms with Crippen LogP contribution in [0.5, 0.6) is 5.75 Å². The van der Waals surface area contributed by atoms with Crippen LogP contribution in [0.4, 0.5) is 13.2 Å². The minimum atomic E-state index is -4.43. The number of nitrogens with one attached hydrogen (secondary N) is 1. The van der Waals surface area contributed by atoms with Crippen molar-refractivity contribution in [2.45, 2.75) is 12.2 Å². The first kappa shape index (κ1) is 21.4. The fraction of sp³-hybridized carbons (Fsp3) is 0.174. The van der Waals surface area contributed by atoms with Crippen molar-refractivity contribution in [3.8, 4) is 16.9 Å². The van der Waals surface area contributed by atoms with E-state index in [-0.39, 0.29) is 6.61 Å². The molecule has 2 N–H and O–H groups in total. The number of alkyl halides is 3. The molecule has 156 valence electrons. The van der Waals surface area contributed by atoms with Crippen molar-refractivity contribution in [1.82, 2.24) is 5.32 Å². The zero-order valence-corrected chi connectivity index (χ0v) is 16.1. The van der Waals surface area contributed by atoms with Crippen molar-refractivity contribution in [2.75, 3.05) is 13.7 Å². The topological polar surface area (TPSA) is 58.6 Å². The molecule has 0 spiro atoms. The van der Waals surface area contributed by atoms with Crippen molar-refractivity contribution >= 4 is 5.91 Å². The predicted molar refractivity (Wildman–Crippen MR) is 107 cm³/mol. The van der Waals surface area contributed by atoms with Gasteiger partial charge in [0.2, 0.25) is 0 Å². The number of carbonyl (C=O) groups is 1. The number of rotatable bonds is 6. The van der Waals surface area contributed by atoms with Gasteiger partial charge < -0.3 is 15.2 Å². The van der Waals surface area contributed by atoms with E-state index in [1.807, 2.05) is 0 Å². The highest BCUT2D eigenvalue weighted by Gasteiger charge is 2.30. The quantitative estimate of drug-likeness (QED) is 0.606. The number of hydrogen-bond acceptors (Lipinski definition) is 3. The molecule has 7 heteroatoms. The lowest BCUT2D eigenvalue weighted by Crippen LogP contribution is -2.31. The number of methoxy groups -OCH3 is 1. The number of aliphatic hydroxyl groups excluding tert-OH is 1. The monoisotopic (exact) mass is 415 g/mol. The Kier molecular flexibility index (Phi) is 6.42. The standard InChI is InChI=1S/C23H20F3NO3/c1-30-18-6-4-5-16(13-18)21(14-28)27-22(29)20-8-3-2-7-19(20)15-9-11-17(12-10-15)23(24,25)26/h2-13,21,28H,14H2,1H3,(H,27,29). The molecule has 0 saturated carbocycles. The molecule has 1 amide bonds. The lowest BCUT2D eigenvalue weighted by atomic mass is 9.97. The summed E-state index contributed by atoms with van der Waals surface area (Å²) >= 11 is 0. The second-order valence-electron chi connectivity index (χ2n) is 6.61. The van der Waals surface area contributed by atoms with E-state index in [0.29, 0.717) is 28.0 Å². The van der Waals surface area contributed by atoms with Crippen LogP contribution in [0.3, 0.4) is 0 Å². The third-order valence-electron chi connectivity index (χ3n) is 4.68. The SMILES string of the molecule is COc1cccc(C(CO)NC(=O)c2ccccc2-c2ccc(C(F)(F)F)cc2)c1. The molecule has 0 heterocycles. The molecular formula is C23H20F3NO3. The first-order chi connectivity index (χ1) is 14.3. The van der Waals surface area contributed by atoms with Gasteiger partial charge in [0.05, 0.1) is 25.3 Å². The predicted octanol–water partition coefficient (Wildman–Crippen LogP) is 4.84. The van der Waals surface area contributed by atoms with E-state index in [1.165, 1.54) is 19.2 Å². The van der Waals surface area contributed by atoms with Crippen LogP contribution in [0.15, 0.2) is 72.8 Å². The number of aliphatic hydroxyl groups is 1. The van der Waals surface area contributed by atoms with Crippen molar-refractivity contribution in [2.24, 2.45) is 0 Å². The summed E-state index contributed by atoms with van der Waals surface area (Å²) in [6, 6.07) is 17.5. The van der Waals surface area contributed by atoms with Crippen LogP contribution >= 0.6 is 0 Å². The molecule has 0 aromatic heterocycles. The van der Waals surface area contributed by atoms with E-state index in [1.54, 1.807) is 48.5 Å². The molecule has 3 aromatic rings. The first-order valence-corrected chi connectivity index (χ1v) is 9.16. The Morgan fingerprint density at radius 2 is 1.73 bits per heavy atom. The minimum absolute atomic E-state index is 0.290. The Morgan fingerprint density at radius 3 is 2.37 bits per heavy atom. The molecule has 1 unspecified atom stereocenters. The zero-order chi connectivity index (χ0) is 21.7. The van der Waals surface area contributed by atoms with E-state index in [0.717, 1.165) is 12.1 Å². The van der Waals surface area contributed by atoms with Gasteiger partial charge in [-0.1, -0.05) is 42.5 Å². The summed E-state index contributed by atoms with van der Waals surface area (Å²) in [5.41, 5.74) is 1.17. The highest BCUT2D eigenvalue weighted by atomic mass is 19.4. The molecule has 3 aromatic carbocycles. The lowest BCUT2D eigenvalue weighted by Gasteiger charge is -2.19. The van der Waals surface area contributed by atoms with Crippen LogP contribution in [-0.2, 0) is 6.18 Å².